The Kier molecular flexibility index (Phi) is 15.7. The number of phenolic OH excluding ortho intramolecular Hbond substituents is 2. The van der Waals surface area contributed by atoms with E-state index in [1.165, 1.54) is 0 Å². The molecule has 1 aromatic heterocycles. The zero-order valence-corrected chi connectivity index (χ0v) is 29.3. The topological polar surface area (TPSA) is 216 Å². The van der Waals surface area contributed by atoms with Crippen LogP contribution in [0.25, 0.3) is 0 Å². The Morgan fingerprint density at radius 2 is 1.44 bits per heavy atom. The Bertz CT molecular complexity index is 1520. The first-order valence-electron chi connectivity index (χ1n) is 16.7. The lowest BCUT2D eigenvalue weighted by molar-refractivity contribution is -0.144. The molecule has 3 atom stereocenters. The van der Waals surface area contributed by atoms with Crippen LogP contribution < -0.4 is 21.5 Å². The molecule has 1 heterocycles. The number of rotatable bonds is 22. The van der Waals surface area contributed by atoms with Crippen LogP contribution in [0.2, 0.25) is 0 Å². The highest BCUT2D eigenvalue weighted by Crippen LogP contribution is 2.37. The lowest BCUT2D eigenvalue weighted by Gasteiger charge is -2.31. The fraction of sp³-hybridized carbons (Fsp3) is 0.438. The number of nitrogens with one attached hydrogen (secondary N) is 3. The van der Waals surface area contributed by atoms with Crippen LogP contribution in [0.15, 0.2) is 54.7 Å². The van der Waals surface area contributed by atoms with E-state index < -0.39 is 54.1 Å². The van der Waals surface area contributed by atoms with E-state index in [4.69, 9.17) is 0 Å². The molecule has 2 amide bonds. The van der Waals surface area contributed by atoms with E-state index in [-0.39, 0.29) is 24.0 Å². The molecule has 18 heteroatoms. The van der Waals surface area contributed by atoms with E-state index >= 15 is 0 Å². The molecule has 2 aromatic carbocycles. The molecule has 14 nitrogen and oxygen atoms in total. The van der Waals surface area contributed by atoms with Crippen molar-refractivity contribution in [1.82, 2.24) is 30.9 Å². The van der Waals surface area contributed by atoms with Gasteiger partial charge in [0.1, 0.15) is 30.8 Å². The number of phenols is 2. The van der Waals surface area contributed by atoms with E-state index in [0.29, 0.717) is 39.5 Å². The van der Waals surface area contributed by atoms with Crippen LogP contribution in [0, 0.1) is 0 Å². The van der Waals surface area contributed by atoms with Gasteiger partial charge < -0.3 is 36.4 Å². The highest BCUT2D eigenvalue weighted by Gasteiger charge is 2.30. The second-order valence-corrected chi connectivity index (χ2v) is 12.9. The number of carbonyl (C=O) groups excluding carboxylic acids is 2. The molecule has 3 aromatic rings. The summed E-state index contributed by atoms with van der Waals surface area (Å²) < 4.78 is 1.74. The number of carboxylic acids is 2. The fourth-order valence-corrected chi connectivity index (χ4v) is 5.90. The van der Waals surface area contributed by atoms with Crippen molar-refractivity contribution in [2.75, 3.05) is 6.54 Å². The van der Waals surface area contributed by atoms with Gasteiger partial charge in [0.2, 0.25) is 18.4 Å². The van der Waals surface area contributed by atoms with Crippen molar-refractivity contribution in [3.05, 3.63) is 65.9 Å². The van der Waals surface area contributed by atoms with Gasteiger partial charge in [-0.2, -0.15) is 0 Å². The summed E-state index contributed by atoms with van der Waals surface area (Å²) in [6.45, 7) is 3.42. The Hall–Kier alpha value is -4.44. The standard InChI is InChI=1S/C32H45B3N6O8S/c1-32(20-6-10-22(42)11-7-20,21-8-12-23(43)13-9-21)14-4-15-36-24(30(46)47)17-28(44)37-25(31(48)49)18-29(45)38-26(34-33)5-2-3-16-41-19-27(35-50)39-40-41/h6-13,19,24-26,34-36,42-43,50H,2-5,14-18,33H2,1H3,(H,37,44)(H,38,45)(H,46,47)(H,48,49)/t24-,25-,26-/m0/s1. The van der Waals surface area contributed by atoms with Crippen LogP contribution in [0.3, 0.4) is 0 Å². The number of carbonyl (C=O) groups is 4. The molecule has 266 valence electrons. The summed E-state index contributed by atoms with van der Waals surface area (Å²) in [5.41, 5.74) is 2.07. The van der Waals surface area contributed by atoms with Gasteiger partial charge >= 0.3 is 11.9 Å². The Morgan fingerprint density at radius 1 is 0.880 bits per heavy atom. The SMILES string of the molecule is BB[C@H](CCCCn1cc(BS)nn1)NC(=O)C[C@H](NC(=O)C[C@H](NCCCC(C)(c1ccc(O)cc1)c1ccc(O)cc1)C(=O)O)C(=O)O. The van der Waals surface area contributed by atoms with Gasteiger partial charge in [-0.05, 0) is 73.6 Å². The zero-order chi connectivity index (χ0) is 36.7. The molecule has 0 aliphatic heterocycles. The van der Waals surface area contributed by atoms with E-state index in [2.05, 4.69) is 38.7 Å². The smallest absolute Gasteiger partial charge is 0.326 e. The molecule has 0 saturated heterocycles. The van der Waals surface area contributed by atoms with Crippen molar-refractivity contribution in [2.45, 2.75) is 81.9 Å². The van der Waals surface area contributed by atoms with Gasteiger partial charge in [0, 0.05) is 18.2 Å². The molecule has 0 fully saturated rings. The number of unbranched alkanes of at least 4 members (excludes halogenated alkanes) is 1. The highest BCUT2D eigenvalue weighted by atomic mass is 32.1. The minimum Gasteiger partial charge on any atom is -0.508 e. The first kappa shape index (κ1) is 40.0. The third-order valence-electron chi connectivity index (χ3n) is 8.76. The van der Waals surface area contributed by atoms with Crippen LogP contribution in [0.1, 0.15) is 63.0 Å². The molecule has 0 aliphatic rings. The number of aliphatic carboxylic acids is 2. The maximum atomic E-state index is 12.8. The fourth-order valence-electron chi connectivity index (χ4n) is 5.75. The predicted molar refractivity (Wildman–Crippen MR) is 197 cm³/mol. The maximum Gasteiger partial charge on any atom is 0.326 e. The van der Waals surface area contributed by atoms with Crippen LogP contribution in [-0.2, 0) is 31.1 Å². The Morgan fingerprint density at radius 3 is 1.96 bits per heavy atom. The van der Waals surface area contributed by atoms with Crippen molar-refractivity contribution < 1.29 is 39.6 Å². The van der Waals surface area contributed by atoms with Crippen LogP contribution in [-0.4, -0.2) is 105 Å². The minimum atomic E-state index is -1.53. The molecular weight excluding hydrogens is 661 g/mol. The number of aromatic nitrogens is 3. The number of amides is 2. The van der Waals surface area contributed by atoms with E-state index in [9.17, 15) is 39.6 Å². The molecular formula is C32H45B3N6O8S. The van der Waals surface area contributed by atoms with E-state index in [1.807, 2.05) is 45.1 Å². The predicted octanol–water partition coefficient (Wildman–Crippen LogP) is -0.628. The van der Waals surface area contributed by atoms with Crippen molar-refractivity contribution in [3.63, 3.8) is 0 Å². The monoisotopic (exact) mass is 706 g/mol. The van der Waals surface area contributed by atoms with Crippen LogP contribution in [0.5, 0.6) is 11.5 Å². The van der Waals surface area contributed by atoms with Gasteiger partial charge in [-0.15, -0.1) is 5.10 Å². The summed E-state index contributed by atoms with van der Waals surface area (Å²) in [7, 11) is 2.55. The first-order chi connectivity index (χ1) is 23.8. The highest BCUT2D eigenvalue weighted by molar-refractivity contribution is 8.08. The summed E-state index contributed by atoms with van der Waals surface area (Å²) in [5, 5.41) is 55.1. The van der Waals surface area contributed by atoms with Crippen LogP contribution in [0.4, 0.5) is 0 Å². The Balaban J connectivity index is 1.49. The summed E-state index contributed by atoms with van der Waals surface area (Å²) in [4.78, 5) is 49.5. The molecule has 3 rings (SSSR count). The lowest BCUT2D eigenvalue weighted by Crippen LogP contribution is -2.49. The number of hydrogen-bond acceptors (Lipinski definition) is 10. The van der Waals surface area contributed by atoms with Crippen molar-refractivity contribution >= 4 is 63.3 Å². The number of aromatic hydroxyl groups is 2. The minimum absolute atomic E-state index is 0.122. The number of hydrogen-bond donors (Lipinski definition) is 8. The van der Waals surface area contributed by atoms with Gasteiger partial charge in [0.15, 0.2) is 0 Å². The summed E-state index contributed by atoms with van der Waals surface area (Å²) in [6.07, 6.45) is 4.14. The molecule has 7 N–H and O–H groups in total. The second-order valence-electron chi connectivity index (χ2n) is 12.5. The van der Waals surface area contributed by atoms with Gasteiger partial charge in [-0.25, -0.2) is 17.3 Å². The second kappa shape index (κ2) is 19.7. The molecule has 0 saturated carbocycles. The maximum absolute atomic E-state index is 12.8. The number of carboxylic acid groups (broad SMARTS) is 2. The van der Waals surface area contributed by atoms with Crippen molar-refractivity contribution in [2.24, 2.45) is 0 Å². The molecule has 50 heavy (non-hydrogen) atoms. The number of nitrogens with zero attached hydrogens (tertiary/aromatic N) is 3. The van der Waals surface area contributed by atoms with Crippen LogP contribution >= 0.6 is 12.5 Å². The average molecular weight is 706 g/mol. The molecule has 0 unspecified atom stereocenters. The third-order valence-corrected chi connectivity index (χ3v) is 9.08. The average Bonchev–Trinajstić information content (AvgIpc) is 3.55. The normalized spacial score (nSPS) is 13.1. The molecule has 0 bridgehead atoms. The molecule has 0 radical (unpaired) electrons. The molecule has 0 spiro atoms. The van der Waals surface area contributed by atoms with Gasteiger partial charge in [0.25, 0.3) is 0 Å². The Labute approximate surface area is 299 Å². The molecule has 0 aliphatic carbocycles. The number of benzene rings is 2. The lowest BCUT2D eigenvalue weighted by atomic mass is 9.49. The van der Waals surface area contributed by atoms with E-state index in [0.717, 1.165) is 29.6 Å². The quantitative estimate of drug-likeness (QED) is 0.0374. The van der Waals surface area contributed by atoms with Crippen molar-refractivity contribution in [3.8, 4) is 11.5 Å². The summed E-state index contributed by atoms with van der Waals surface area (Å²) in [5.74, 6) is -3.96. The number of thiol groups is 1. The van der Waals surface area contributed by atoms with E-state index in [1.54, 1.807) is 28.9 Å². The van der Waals surface area contributed by atoms with Gasteiger partial charge in [-0.1, -0.05) is 42.8 Å². The third kappa shape index (κ3) is 12.5. The summed E-state index contributed by atoms with van der Waals surface area (Å²) >= 11 is 4.18. The van der Waals surface area contributed by atoms with Gasteiger partial charge in [-0.3, -0.25) is 19.1 Å². The van der Waals surface area contributed by atoms with Crippen molar-refractivity contribution in [1.29, 1.82) is 0 Å². The largest absolute Gasteiger partial charge is 0.508 e. The summed E-state index contributed by atoms with van der Waals surface area (Å²) in [6, 6.07) is 10.8. The number of aryl methyl sites for hydroxylation is 1. The first-order valence-corrected chi connectivity index (χ1v) is 17.3. The van der Waals surface area contributed by atoms with Gasteiger partial charge in [0.05, 0.1) is 26.2 Å². The zero-order valence-electron chi connectivity index (χ0n) is 28.4.